The maximum absolute atomic E-state index is 12.6. The Morgan fingerprint density at radius 1 is 1.25 bits per heavy atom. The lowest BCUT2D eigenvalue weighted by Gasteiger charge is -2.27. The number of hydrogen-bond acceptors (Lipinski definition) is 2. The first-order valence-electron chi connectivity index (χ1n) is 7.74. The smallest absolute Gasteiger partial charge is 0.241 e. The minimum absolute atomic E-state index is 0.0679. The molecule has 1 aromatic rings. The summed E-state index contributed by atoms with van der Waals surface area (Å²) >= 11 is 0. The standard InChI is InChI=1S/C17H26N2O/c1-4-5-11-19-16(13(2)3)18-15(17(19)20)12-14-9-7-6-8-10-14/h6-10,13,15-16,18H,4-5,11-12H2,1-3H3. The zero-order valence-corrected chi connectivity index (χ0v) is 12.8. The molecule has 0 spiro atoms. The van der Waals surface area contributed by atoms with Crippen LogP contribution in [0.3, 0.4) is 0 Å². The molecule has 3 heteroatoms. The van der Waals surface area contributed by atoms with Crippen LogP contribution in [0.5, 0.6) is 0 Å². The fraction of sp³-hybridized carbons (Fsp3) is 0.588. The Morgan fingerprint density at radius 2 is 1.95 bits per heavy atom. The van der Waals surface area contributed by atoms with Gasteiger partial charge < -0.3 is 4.90 Å². The Labute approximate surface area is 122 Å². The van der Waals surface area contributed by atoms with Gasteiger partial charge in [-0.25, -0.2) is 0 Å². The highest BCUT2D eigenvalue weighted by Gasteiger charge is 2.39. The van der Waals surface area contributed by atoms with E-state index in [1.165, 1.54) is 5.56 Å². The van der Waals surface area contributed by atoms with Crippen LogP contribution in [0.25, 0.3) is 0 Å². The van der Waals surface area contributed by atoms with Crippen LogP contribution >= 0.6 is 0 Å². The van der Waals surface area contributed by atoms with Crippen molar-refractivity contribution in [2.75, 3.05) is 6.54 Å². The minimum atomic E-state index is -0.0679. The van der Waals surface area contributed by atoms with E-state index in [-0.39, 0.29) is 18.1 Å². The average molecular weight is 274 g/mol. The number of carbonyl (C=O) groups excluding carboxylic acids is 1. The molecule has 1 aliphatic heterocycles. The van der Waals surface area contributed by atoms with Crippen LogP contribution in [0.4, 0.5) is 0 Å². The van der Waals surface area contributed by atoms with Crippen molar-refractivity contribution in [1.82, 2.24) is 10.2 Å². The van der Waals surface area contributed by atoms with E-state index in [1.807, 2.05) is 23.1 Å². The molecule has 0 aliphatic carbocycles. The largest absolute Gasteiger partial charge is 0.326 e. The van der Waals surface area contributed by atoms with E-state index in [0.29, 0.717) is 5.92 Å². The zero-order chi connectivity index (χ0) is 14.5. The van der Waals surface area contributed by atoms with Crippen molar-refractivity contribution in [3.05, 3.63) is 35.9 Å². The molecule has 0 aromatic heterocycles. The molecule has 1 fully saturated rings. The Hall–Kier alpha value is -1.35. The first kappa shape index (κ1) is 15.0. The van der Waals surface area contributed by atoms with Crippen LogP contribution in [0, 0.1) is 5.92 Å². The van der Waals surface area contributed by atoms with Gasteiger partial charge in [0.15, 0.2) is 0 Å². The van der Waals surface area contributed by atoms with E-state index in [0.717, 1.165) is 25.8 Å². The fourth-order valence-electron chi connectivity index (χ4n) is 2.83. The Balaban J connectivity index is 2.06. The summed E-state index contributed by atoms with van der Waals surface area (Å²) in [6, 6.07) is 10.2. The summed E-state index contributed by atoms with van der Waals surface area (Å²) in [6.45, 7) is 7.39. The summed E-state index contributed by atoms with van der Waals surface area (Å²) in [7, 11) is 0. The second-order valence-corrected chi connectivity index (χ2v) is 5.98. The quantitative estimate of drug-likeness (QED) is 0.865. The molecule has 1 saturated heterocycles. The lowest BCUT2D eigenvalue weighted by Crippen LogP contribution is -2.42. The second-order valence-electron chi connectivity index (χ2n) is 5.98. The van der Waals surface area contributed by atoms with Crippen molar-refractivity contribution in [3.8, 4) is 0 Å². The molecular formula is C17H26N2O. The zero-order valence-electron chi connectivity index (χ0n) is 12.8. The summed E-state index contributed by atoms with van der Waals surface area (Å²) in [6.07, 6.45) is 3.17. The van der Waals surface area contributed by atoms with E-state index in [1.54, 1.807) is 0 Å². The van der Waals surface area contributed by atoms with E-state index >= 15 is 0 Å². The number of amides is 1. The molecular weight excluding hydrogens is 248 g/mol. The molecule has 2 unspecified atom stereocenters. The van der Waals surface area contributed by atoms with Gasteiger partial charge in [0.05, 0.1) is 12.2 Å². The van der Waals surface area contributed by atoms with E-state index in [9.17, 15) is 4.79 Å². The third-order valence-corrected chi connectivity index (χ3v) is 3.96. The van der Waals surface area contributed by atoms with Crippen LogP contribution in [0.15, 0.2) is 30.3 Å². The molecule has 0 saturated carbocycles. The van der Waals surface area contributed by atoms with Crippen molar-refractivity contribution >= 4 is 5.91 Å². The van der Waals surface area contributed by atoms with E-state index in [2.05, 4.69) is 38.2 Å². The van der Waals surface area contributed by atoms with Gasteiger partial charge in [0.2, 0.25) is 5.91 Å². The summed E-state index contributed by atoms with van der Waals surface area (Å²) in [5.41, 5.74) is 1.22. The molecule has 1 aliphatic rings. The van der Waals surface area contributed by atoms with Gasteiger partial charge in [-0.05, 0) is 24.3 Å². The van der Waals surface area contributed by atoms with E-state index in [4.69, 9.17) is 0 Å². The van der Waals surface area contributed by atoms with Crippen molar-refractivity contribution < 1.29 is 4.79 Å². The number of carbonyl (C=O) groups is 1. The van der Waals surface area contributed by atoms with Gasteiger partial charge in [0.25, 0.3) is 0 Å². The van der Waals surface area contributed by atoms with Crippen molar-refractivity contribution in [3.63, 3.8) is 0 Å². The van der Waals surface area contributed by atoms with Gasteiger partial charge in [0.1, 0.15) is 0 Å². The number of hydrogen-bond donors (Lipinski definition) is 1. The number of rotatable bonds is 6. The highest BCUT2D eigenvalue weighted by atomic mass is 16.2. The molecule has 1 amide bonds. The molecule has 20 heavy (non-hydrogen) atoms. The van der Waals surface area contributed by atoms with Crippen molar-refractivity contribution in [2.45, 2.75) is 52.2 Å². The predicted molar refractivity (Wildman–Crippen MR) is 82.3 cm³/mol. The van der Waals surface area contributed by atoms with Crippen LogP contribution in [-0.2, 0) is 11.2 Å². The molecule has 0 radical (unpaired) electrons. The average Bonchev–Trinajstić information content (AvgIpc) is 2.75. The molecule has 1 N–H and O–H groups in total. The first-order valence-corrected chi connectivity index (χ1v) is 7.74. The maximum Gasteiger partial charge on any atom is 0.241 e. The molecule has 2 rings (SSSR count). The molecule has 1 heterocycles. The van der Waals surface area contributed by atoms with Gasteiger partial charge in [-0.15, -0.1) is 0 Å². The molecule has 1 aromatic carbocycles. The molecule has 110 valence electrons. The van der Waals surface area contributed by atoms with Crippen LogP contribution in [0.2, 0.25) is 0 Å². The van der Waals surface area contributed by atoms with Gasteiger partial charge >= 0.3 is 0 Å². The number of unbranched alkanes of at least 4 members (excludes halogenated alkanes) is 1. The SMILES string of the molecule is CCCCN1C(=O)C(Cc2ccccc2)NC1C(C)C. The van der Waals surface area contributed by atoms with Crippen LogP contribution < -0.4 is 5.32 Å². The third-order valence-electron chi connectivity index (χ3n) is 3.96. The van der Waals surface area contributed by atoms with Gasteiger partial charge in [-0.2, -0.15) is 0 Å². The monoisotopic (exact) mass is 274 g/mol. The molecule has 2 atom stereocenters. The summed E-state index contributed by atoms with van der Waals surface area (Å²) in [4.78, 5) is 14.6. The Morgan fingerprint density at radius 3 is 2.55 bits per heavy atom. The molecule has 3 nitrogen and oxygen atoms in total. The minimum Gasteiger partial charge on any atom is -0.326 e. The van der Waals surface area contributed by atoms with Crippen LogP contribution in [0.1, 0.15) is 39.2 Å². The van der Waals surface area contributed by atoms with Crippen molar-refractivity contribution in [1.29, 1.82) is 0 Å². The Kier molecular flexibility index (Phi) is 5.18. The number of nitrogens with zero attached hydrogens (tertiary/aromatic N) is 1. The van der Waals surface area contributed by atoms with Gasteiger partial charge in [-0.3, -0.25) is 10.1 Å². The summed E-state index contributed by atoms with van der Waals surface area (Å²) in [5, 5.41) is 3.52. The Bertz CT molecular complexity index is 430. The highest BCUT2D eigenvalue weighted by Crippen LogP contribution is 2.20. The van der Waals surface area contributed by atoms with Gasteiger partial charge in [0, 0.05) is 6.54 Å². The summed E-state index contributed by atoms with van der Waals surface area (Å²) < 4.78 is 0. The van der Waals surface area contributed by atoms with E-state index < -0.39 is 0 Å². The first-order chi connectivity index (χ1) is 9.63. The predicted octanol–water partition coefficient (Wildman–Crippen LogP) is 2.81. The lowest BCUT2D eigenvalue weighted by molar-refractivity contribution is -0.130. The number of benzene rings is 1. The topological polar surface area (TPSA) is 32.3 Å². The number of nitrogens with one attached hydrogen (secondary N) is 1. The second kappa shape index (κ2) is 6.89. The third kappa shape index (κ3) is 3.40. The maximum atomic E-state index is 12.6. The molecule has 0 bridgehead atoms. The normalized spacial score (nSPS) is 22.8. The van der Waals surface area contributed by atoms with Gasteiger partial charge in [-0.1, -0.05) is 57.5 Å². The lowest BCUT2D eigenvalue weighted by atomic mass is 10.1. The fourth-order valence-corrected chi connectivity index (χ4v) is 2.83. The van der Waals surface area contributed by atoms with Crippen LogP contribution in [-0.4, -0.2) is 29.6 Å². The summed E-state index contributed by atoms with van der Waals surface area (Å²) in [5.74, 6) is 0.706. The van der Waals surface area contributed by atoms with Crippen molar-refractivity contribution in [2.24, 2.45) is 5.92 Å². The highest BCUT2D eigenvalue weighted by molar-refractivity contribution is 5.84.